The molecule has 3 rings (SSSR count). The Labute approximate surface area is 181 Å². The first-order valence-corrected chi connectivity index (χ1v) is 10.0. The van der Waals surface area contributed by atoms with Crippen molar-refractivity contribution < 1.29 is 4.79 Å². The van der Waals surface area contributed by atoms with E-state index < -0.39 is 0 Å². The van der Waals surface area contributed by atoms with E-state index in [9.17, 15) is 4.79 Å². The van der Waals surface area contributed by atoms with Gasteiger partial charge in [0.2, 0.25) is 0 Å². The molecule has 0 bridgehead atoms. The lowest BCUT2D eigenvalue weighted by molar-refractivity contribution is 0.102. The Hall–Kier alpha value is -3.25. The van der Waals surface area contributed by atoms with Crippen LogP contribution >= 0.6 is 11.6 Å². The Bertz CT molecular complexity index is 1050. The Kier molecular flexibility index (Phi) is 6.79. The number of nitrogens with one attached hydrogen (secondary N) is 3. The van der Waals surface area contributed by atoms with Gasteiger partial charge in [-0.25, -0.2) is 4.98 Å². The summed E-state index contributed by atoms with van der Waals surface area (Å²) in [5, 5.41) is 14.3. The van der Waals surface area contributed by atoms with Crippen molar-refractivity contribution in [2.45, 2.75) is 33.2 Å². The molecular formula is C23H24ClN5O. The SMILES string of the molecule is CC(=N)c1c(NCc2cccnc2)ncc(C(=O)Nc2ccc(C(C)C)cc2)c1Cl. The first-order valence-electron chi connectivity index (χ1n) is 9.65. The number of aromatic nitrogens is 2. The lowest BCUT2D eigenvalue weighted by Gasteiger charge is -2.15. The van der Waals surface area contributed by atoms with Crippen LogP contribution in [0.25, 0.3) is 0 Å². The Morgan fingerprint density at radius 1 is 1.17 bits per heavy atom. The maximum absolute atomic E-state index is 12.8. The van der Waals surface area contributed by atoms with E-state index in [0.29, 0.717) is 29.5 Å². The summed E-state index contributed by atoms with van der Waals surface area (Å²) in [6, 6.07) is 11.5. The summed E-state index contributed by atoms with van der Waals surface area (Å²) in [6.07, 6.45) is 4.88. The van der Waals surface area contributed by atoms with Gasteiger partial charge >= 0.3 is 0 Å². The Morgan fingerprint density at radius 2 is 1.90 bits per heavy atom. The fraction of sp³-hybridized carbons (Fsp3) is 0.217. The number of carbonyl (C=O) groups excluding carboxylic acids is 1. The van der Waals surface area contributed by atoms with Gasteiger partial charge in [-0.15, -0.1) is 0 Å². The van der Waals surface area contributed by atoms with Gasteiger partial charge in [-0.2, -0.15) is 0 Å². The molecule has 0 aliphatic rings. The number of amides is 1. The molecule has 3 aromatic rings. The normalized spacial score (nSPS) is 10.7. The molecule has 0 saturated carbocycles. The van der Waals surface area contributed by atoms with Crippen molar-refractivity contribution in [2.75, 3.05) is 10.6 Å². The molecule has 0 aliphatic carbocycles. The van der Waals surface area contributed by atoms with Crippen LogP contribution in [0.1, 0.15) is 53.7 Å². The number of anilines is 2. The molecular weight excluding hydrogens is 398 g/mol. The number of nitrogens with zero attached hydrogens (tertiary/aromatic N) is 2. The van der Waals surface area contributed by atoms with Gasteiger partial charge in [-0.1, -0.05) is 43.6 Å². The molecule has 1 aromatic carbocycles. The highest BCUT2D eigenvalue weighted by Crippen LogP contribution is 2.28. The molecule has 3 N–H and O–H groups in total. The van der Waals surface area contributed by atoms with Gasteiger partial charge in [0.1, 0.15) is 5.82 Å². The van der Waals surface area contributed by atoms with Gasteiger partial charge in [0.15, 0.2) is 0 Å². The van der Waals surface area contributed by atoms with Crippen molar-refractivity contribution in [2.24, 2.45) is 0 Å². The highest BCUT2D eigenvalue weighted by molar-refractivity contribution is 6.38. The van der Waals surface area contributed by atoms with Crippen LogP contribution in [0.4, 0.5) is 11.5 Å². The van der Waals surface area contributed by atoms with Crippen molar-refractivity contribution in [3.63, 3.8) is 0 Å². The number of halogens is 1. The predicted molar refractivity (Wildman–Crippen MR) is 122 cm³/mol. The van der Waals surface area contributed by atoms with Crippen LogP contribution < -0.4 is 10.6 Å². The quantitative estimate of drug-likeness (QED) is 0.439. The van der Waals surface area contributed by atoms with Gasteiger partial charge in [0.25, 0.3) is 5.91 Å². The molecule has 0 unspecified atom stereocenters. The van der Waals surface area contributed by atoms with Crippen LogP contribution in [-0.4, -0.2) is 21.6 Å². The molecule has 154 valence electrons. The predicted octanol–water partition coefficient (Wildman–Crippen LogP) is 5.51. The van der Waals surface area contributed by atoms with E-state index in [4.69, 9.17) is 17.0 Å². The molecule has 0 atom stereocenters. The topological polar surface area (TPSA) is 90.8 Å². The number of carbonyl (C=O) groups is 1. The van der Waals surface area contributed by atoms with E-state index in [-0.39, 0.29) is 22.2 Å². The van der Waals surface area contributed by atoms with Crippen LogP contribution in [0, 0.1) is 5.41 Å². The number of hydrogen-bond donors (Lipinski definition) is 3. The van der Waals surface area contributed by atoms with Crippen molar-refractivity contribution in [1.29, 1.82) is 5.41 Å². The molecule has 0 aliphatic heterocycles. The number of hydrogen-bond acceptors (Lipinski definition) is 5. The molecule has 2 heterocycles. The highest BCUT2D eigenvalue weighted by atomic mass is 35.5. The smallest absolute Gasteiger partial charge is 0.258 e. The summed E-state index contributed by atoms with van der Waals surface area (Å²) >= 11 is 6.52. The third-order valence-electron chi connectivity index (χ3n) is 4.65. The summed E-state index contributed by atoms with van der Waals surface area (Å²) in [5.41, 5.74) is 3.68. The van der Waals surface area contributed by atoms with Crippen LogP contribution in [0.15, 0.2) is 55.0 Å². The fourth-order valence-corrected chi connectivity index (χ4v) is 3.33. The zero-order chi connectivity index (χ0) is 21.7. The first-order chi connectivity index (χ1) is 14.4. The van der Waals surface area contributed by atoms with Gasteiger partial charge < -0.3 is 16.0 Å². The van der Waals surface area contributed by atoms with E-state index in [1.54, 1.807) is 19.3 Å². The third-order valence-corrected chi connectivity index (χ3v) is 5.05. The largest absolute Gasteiger partial charge is 0.365 e. The van der Waals surface area contributed by atoms with E-state index >= 15 is 0 Å². The minimum Gasteiger partial charge on any atom is -0.365 e. The molecule has 1 amide bonds. The minimum absolute atomic E-state index is 0.197. The molecule has 0 radical (unpaired) electrons. The fourth-order valence-electron chi connectivity index (χ4n) is 2.96. The molecule has 30 heavy (non-hydrogen) atoms. The third kappa shape index (κ3) is 5.02. The standard InChI is InChI=1S/C23H24ClN5O/c1-14(2)17-6-8-18(9-7-17)29-23(30)19-13-28-22(20(15(3)25)21(19)24)27-12-16-5-4-10-26-11-16/h4-11,13-14,25H,12H2,1-3H3,(H,27,28)(H,29,30). The number of rotatable bonds is 7. The molecule has 7 heteroatoms. The Balaban J connectivity index is 1.82. The lowest BCUT2D eigenvalue weighted by atomic mass is 10.0. The second-order valence-corrected chi connectivity index (χ2v) is 7.66. The second kappa shape index (κ2) is 9.50. The van der Waals surface area contributed by atoms with E-state index in [1.165, 1.54) is 11.8 Å². The molecule has 0 fully saturated rings. The summed E-state index contributed by atoms with van der Waals surface area (Å²) in [4.78, 5) is 21.2. The van der Waals surface area contributed by atoms with Gasteiger partial charge in [-0.05, 0) is 42.2 Å². The summed E-state index contributed by atoms with van der Waals surface area (Å²) in [5.74, 6) is 0.499. The number of benzene rings is 1. The van der Waals surface area contributed by atoms with Crippen molar-refractivity contribution in [3.8, 4) is 0 Å². The van der Waals surface area contributed by atoms with Crippen molar-refractivity contribution >= 4 is 34.7 Å². The van der Waals surface area contributed by atoms with E-state index in [1.807, 2.05) is 36.4 Å². The van der Waals surface area contributed by atoms with Gasteiger partial charge in [0, 0.05) is 36.5 Å². The second-order valence-electron chi connectivity index (χ2n) is 7.28. The number of pyridine rings is 2. The molecule has 0 saturated heterocycles. The molecule has 2 aromatic heterocycles. The van der Waals surface area contributed by atoms with E-state index in [0.717, 1.165) is 5.56 Å². The average Bonchev–Trinajstić information content (AvgIpc) is 2.73. The highest BCUT2D eigenvalue weighted by Gasteiger charge is 2.20. The first kappa shape index (κ1) is 21.5. The molecule has 6 nitrogen and oxygen atoms in total. The zero-order valence-corrected chi connectivity index (χ0v) is 17.9. The lowest BCUT2D eigenvalue weighted by Crippen LogP contribution is -2.16. The Morgan fingerprint density at radius 3 is 2.50 bits per heavy atom. The summed E-state index contributed by atoms with van der Waals surface area (Å²) in [7, 11) is 0. The van der Waals surface area contributed by atoms with Crippen LogP contribution in [0.3, 0.4) is 0 Å². The maximum Gasteiger partial charge on any atom is 0.258 e. The van der Waals surface area contributed by atoms with Crippen molar-refractivity contribution in [3.05, 3.63) is 82.3 Å². The van der Waals surface area contributed by atoms with Gasteiger partial charge in [-0.3, -0.25) is 9.78 Å². The monoisotopic (exact) mass is 421 g/mol. The summed E-state index contributed by atoms with van der Waals surface area (Å²) in [6.45, 7) is 6.32. The van der Waals surface area contributed by atoms with Crippen LogP contribution in [0.2, 0.25) is 5.02 Å². The van der Waals surface area contributed by atoms with Crippen LogP contribution in [-0.2, 0) is 6.54 Å². The van der Waals surface area contributed by atoms with E-state index in [2.05, 4.69) is 34.4 Å². The van der Waals surface area contributed by atoms with Crippen LogP contribution in [0.5, 0.6) is 0 Å². The minimum atomic E-state index is -0.369. The van der Waals surface area contributed by atoms with Crippen molar-refractivity contribution in [1.82, 2.24) is 9.97 Å². The maximum atomic E-state index is 12.8. The summed E-state index contributed by atoms with van der Waals surface area (Å²) < 4.78 is 0. The zero-order valence-electron chi connectivity index (χ0n) is 17.2. The van der Waals surface area contributed by atoms with Gasteiger partial charge in [0.05, 0.1) is 16.1 Å². The average molecular weight is 422 g/mol. The molecule has 0 spiro atoms.